The van der Waals surface area contributed by atoms with E-state index in [0.717, 1.165) is 82.6 Å². The van der Waals surface area contributed by atoms with Crippen LogP contribution in [0.1, 0.15) is 85.4 Å². The monoisotopic (exact) mass is 967 g/mol. The number of benzene rings is 2. The average molecular weight is 968 g/mol. The van der Waals surface area contributed by atoms with Crippen LogP contribution in [-0.4, -0.2) is 115 Å². The van der Waals surface area contributed by atoms with Crippen LogP contribution < -0.4 is 20.0 Å². The number of para-hydroxylation sites is 1. The first kappa shape index (κ1) is 46.2. The molecule has 3 aliphatic rings. The molecule has 7 aromatic rings. The van der Waals surface area contributed by atoms with E-state index >= 15 is 0 Å². The van der Waals surface area contributed by atoms with Gasteiger partial charge in [0.2, 0.25) is 17.8 Å². The maximum Gasteiger partial charge on any atom is 0.243 e. The highest BCUT2D eigenvalue weighted by Gasteiger charge is 2.44. The van der Waals surface area contributed by atoms with Gasteiger partial charge in [0.15, 0.2) is 11.6 Å². The van der Waals surface area contributed by atoms with E-state index in [1.807, 2.05) is 94.1 Å². The van der Waals surface area contributed by atoms with Crippen LogP contribution in [0, 0.1) is 19.8 Å². The lowest BCUT2D eigenvalue weighted by molar-refractivity contribution is -0.141. The molecule has 3 N–H and O–H groups in total. The number of fused-ring (bicyclic) bond motifs is 1. The van der Waals surface area contributed by atoms with Crippen molar-refractivity contribution >= 4 is 62.2 Å². The van der Waals surface area contributed by atoms with Gasteiger partial charge in [0.05, 0.1) is 52.0 Å². The number of thiazole rings is 1. The van der Waals surface area contributed by atoms with E-state index in [2.05, 4.69) is 47.3 Å². The number of hydrogen-bond donors (Lipinski definition) is 3. The molecule has 0 radical (unpaired) electrons. The highest BCUT2D eigenvalue weighted by Crippen LogP contribution is 2.41. The minimum atomic E-state index is -0.817. The fraction of sp³-hybridized carbons (Fsp3) is 0.412. The fourth-order valence-corrected chi connectivity index (χ4v) is 12.2. The number of aliphatic hydroxyl groups is 1. The topological polar surface area (TPSA) is 190 Å². The summed E-state index contributed by atoms with van der Waals surface area (Å²) in [5.74, 6) is 1.05. The number of aromatic nitrogens is 6. The maximum atomic E-state index is 14.4. The smallest absolute Gasteiger partial charge is 0.243 e. The van der Waals surface area contributed by atoms with Crippen molar-refractivity contribution < 1.29 is 24.3 Å². The van der Waals surface area contributed by atoms with Crippen molar-refractivity contribution in [3.63, 3.8) is 0 Å². The predicted octanol–water partition coefficient (Wildman–Crippen LogP) is 7.87. The summed E-state index contributed by atoms with van der Waals surface area (Å²) in [4.78, 5) is 53.7. The van der Waals surface area contributed by atoms with Gasteiger partial charge in [0.1, 0.15) is 22.5 Å². The second-order valence-corrected chi connectivity index (χ2v) is 20.7. The molecule has 16 nitrogen and oxygen atoms in total. The summed E-state index contributed by atoms with van der Waals surface area (Å²) in [6, 6.07) is 18.1. The molecule has 2 aromatic carbocycles. The van der Waals surface area contributed by atoms with Gasteiger partial charge in [-0.3, -0.25) is 9.59 Å². The van der Waals surface area contributed by atoms with Gasteiger partial charge in [-0.25, -0.2) is 15.0 Å². The summed E-state index contributed by atoms with van der Waals surface area (Å²) in [6.45, 7) is 14.6. The molecule has 10 rings (SSSR count). The van der Waals surface area contributed by atoms with Crippen LogP contribution >= 0.6 is 22.7 Å². The summed E-state index contributed by atoms with van der Waals surface area (Å²) in [5.41, 5.74) is 8.38. The number of thiophene rings is 1. The van der Waals surface area contributed by atoms with Gasteiger partial charge in [0.25, 0.3) is 0 Å². The van der Waals surface area contributed by atoms with E-state index < -0.39 is 18.1 Å². The van der Waals surface area contributed by atoms with E-state index in [1.54, 1.807) is 34.8 Å². The Morgan fingerprint density at radius 2 is 1.59 bits per heavy atom. The number of aromatic hydroxyl groups is 1. The van der Waals surface area contributed by atoms with Gasteiger partial charge in [-0.2, -0.15) is 0 Å². The summed E-state index contributed by atoms with van der Waals surface area (Å²) in [7, 11) is 0. The van der Waals surface area contributed by atoms with Crippen LogP contribution in [0.2, 0.25) is 0 Å². The summed E-state index contributed by atoms with van der Waals surface area (Å²) >= 11 is 3.32. The molecule has 69 heavy (non-hydrogen) atoms. The lowest BCUT2D eigenvalue weighted by Gasteiger charge is -2.36. The number of nitrogens with zero attached hydrogens (tertiary/aromatic N) is 10. The van der Waals surface area contributed by atoms with Crippen molar-refractivity contribution in [2.24, 2.45) is 5.92 Å². The van der Waals surface area contributed by atoms with Crippen molar-refractivity contribution in [1.82, 2.24) is 40.5 Å². The largest absolute Gasteiger partial charge is 0.507 e. The van der Waals surface area contributed by atoms with Gasteiger partial charge >= 0.3 is 0 Å². The standard InChI is InChI=1S/C51H57N11O5S2/c1-29(2)45(50(66)62-27-37(63)22-41(62)48(65)55-31(4)33-10-12-34(13-11-33)47-32(5)54-28-68-47)43-24-44(58-67-43)60-20-18-59(19-21-60)36-25-52-51(53-26-36)61-16-14-35(15-17-61)46-30(3)39-23-40(56-57-49(39)69-46)38-8-6-7-9-42(38)64/h6-13,23-26,28-29,31,35,37,41,45,63-64H,14-22,27H2,1-5H3,(H,55,65)/t31-,37+,41-,45?/m0/s1. The number of aryl methyl sites for hydroxylation is 2. The predicted molar refractivity (Wildman–Crippen MR) is 269 cm³/mol. The van der Waals surface area contributed by atoms with Crippen LogP contribution in [0.3, 0.4) is 0 Å². The Morgan fingerprint density at radius 3 is 2.29 bits per heavy atom. The Balaban J connectivity index is 0.723. The van der Waals surface area contributed by atoms with E-state index in [4.69, 9.17) is 14.5 Å². The number of hydrogen-bond acceptors (Lipinski definition) is 16. The minimum Gasteiger partial charge on any atom is -0.507 e. The Kier molecular flexibility index (Phi) is 13.1. The van der Waals surface area contributed by atoms with Crippen molar-refractivity contribution in [2.75, 3.05) is 60.5 Å². The van der Waals surface area contributed by atoms with Crippen molar-refractivity contribution in [2.45, 2.75) is 83.9 Å². The molecule has 5 aromatic heterocycles. The van der Waals surface area contributed by atoms with Crippen molar-refractivity contribution in [1.29, 1.82) is 0 Å². The number of piperidine rings is 1. The van der Waals surface area contributed by atoms with Crippen LogP contribution in [0.25, 0.3) is 31.9 Å². The number of carbonyl (C=O) groups is 2. The van der Waals surface area contributed by atoms with Crippen LogP contribution in [-0.2, 0) is 9.59 Å². The highest BCUT2D eigenvalue weighted by molar-refractivity contribution is 7.19. The van der Waals surface area contributed by atoms with Crippen LogP contribution in [0.4, 0.5) is 17.5 Å². The first-order valence-corrected chi connectivity index (χ1v) is 25.5. The number of carbonyl (C=O) groups excluding carboxylic acids is 2. The zero-order valence-corrected chi connectivity index (χ0v) is 41.1. The molecule has 0 bridgehead atoms. The second-order valence-electron chi connectivity index (χ2n) is 18.9. The number of β-amino-alcohol motifs (C(OH)–C–C–N with tert-alkyl or cyclic N) is 1. The first-order chi connectivity index (χ1) is 33.4. The number of likely N-dealkylation sites (tertiary alicyclic amines) is 1. The molecule has 3 fully saturated rings. The van der Waals surface area contributed by atoms with Crippen molar-refractivity contribution in [3.8, 4) is 27.4 Å². The number of nitrogens with one attached hydrogen (secondary N) is 1. The third kappa shape index (κ3) is 9.36. The van der Waals surface area contributed by atoms with Gasteiger partial charge < -0.3 is 39.7 Å². The lowest BCUT2D eigenvalue weighted by atomic mass is 9.91. The number of rotatable bonds is 12. The third-order valence-corrected chi connectivity index (χ3v) is 16.4. The zero-order chi connectivity index (χ0) is 47.9. The van der Waals surface area contributed by atoms with Gasteiger partial charge in [-0.15, -0.1) is 32.9 Å². The molecule has 18 heteroatoms. The maximum absolute atomic E-state index is 14.4. The lowest BCUT2D eigenvalue weighted by Crippen LogP contribution is -2.48. The number of amides is 2. The number of aliphatic hydroxyl groups excluding tert-OH is 1. The summed E-state index contributed by atoms with van der Waals surface area (Å²) in [5, 5.41) is 38.8. The van der Waals surface area contributed by atoms with E-state index in [0.29, 0.717) is 41.8 Å². The van der Waals surface area contributed by atoms with Gasteiger partial charge in [-0.1, -0.05) is 55.4 Å². The SMILES string of the molecule is Cc1ncsc1-c1ccc([C@H](C)NC(=O)[C@@H]2C[C@@H](O)CN2C(=O)C(c2cc(N3CCN(c4cnc(N5CCC(c6sc7nnc(-c8ccccc8O)cc7c6C)CC5)nc4)CC3)no2)C(C)C)cc1. The van der Waals surface area contributed by atoms with Gasteiger partial charge in [0, 0.05) is 74.1 Å². The molecule has 3 saturated heterocycles. The second kappa shape index (κ2) is 19.5. The number of anilines is 3. The van der Waals surface area contributed by atoms with Gasteiger partial charge in [-0.05, 0) is 80.3 Å². The molecule has 3 aliphatic heterocycles. The molecule has 4 atom stereocenters. The molecular formula is C51H57N11O5S2. The van der Waals surface area contributed by atoms with E-state index in [1.165, 1.54) is 15.3 Å². The molecule has 0 aliphatic carbocycles. The molecule has 0 saturated carbocycles. The Bertz CT molecular complexity index is 2940. The molecule has 358 valence electrons. The third-order valence-electron chi connectivity index (χ3n) is 14.1. The molecular weight excluding hydrogens is 911 g/mol. The van der Waals surface area contributed by atoms with E-state index in [-0.39, 0.29) is 42.5 Å². The van der Waals surface area contributed by atoms with Crippen molar-refractivity contribution in [3.05, 3.63) is 106 Å². The molecule has 8 heterocycles. The average Bonchev–Trinajstić information content (AvgIpc) is 4.19. The van der Waals surface area contributed by atoms with E-state index in [9.17, 15) is 19.8 Å². The number of phenolic OH excluding ortho intramolecular Hbond substituents is 1. The summed E-state index contributed by atoms with van der Waals surface area (Å²) in [6.07, 6.45) is 5.15. The highest BCUT2D eigenvalue weighted by atomic mass is 32.1. The quantitative estimate of drug-likeness (QED) is 0.107. The zero-order valence-electron chi connectivity index (χ0n) is 39.4. The number of phenols is 1. The first-order valence-electron chi connectivity index (χ1n) is 23.8. The molecule has 0 spiro atoms. The fourth-order valence-electron chi connectivity index (χ4n) is 10.1. The van der Waals surface area contributed by atoms with Crippen LogP contribution in [0.15, 0.2) is 83.1 Å². The Labute approximate surface area is 409 Å². The number of piperazine rings is 1. The molecule has 1 unspecified atom stereocenters. The molecule has 2 amide bonds. The Morgan fingerprint density at radius 1 is 0.870 bits per heavy atom. The Hall–Kier alpha value is -6.50. The summed E-state index contributed by atoms with van der Waals surface area (Å²) < 4.78 is 5.91. The minimum absolute atomic E-state index is 0.0675. The van der Waals surface area contributed by atoms with Crippen LogP contribution in [0.5, 0.6) is 5.75 Å². The normalized spacial score (nSPS) is 18.9.